The van der Waals surface area contributed by atoms with E-state index in [0.29, 0.717) is 22.0 Å². The van der Waals surface area contributed by atoms with E-state index in [1.165, 1.54) is 24.1 Å². The summed E-state index contributed by atoms with van der Waals surface area (Å²) in [6, 6.07) is 11.0. The number of para-hydroxylation sites is 1. The molecule has 0 aliphatic carbocycles. The maximum absolute atomic E-state index is 14.1. The van der Waals surface area contributed by atoms with Gasteiger partial charge in [-0.05, 0) is 49.8 Å². The molecule has 31 heavy (non-hydrogen) atoms. The second-order valence-electron chi connectivity index (χ2n) is 6.71. The second kappa shape index (κ2) is 9.93. The normalized spacial score (nSPS) is 15.0. The van der Waals surface area contributed by atoms with Crippen molar-refractivity contribution in [3.63, 3.8) is 0 Å². The van der Waals surface area contributed by atoms with Crippen LogP contribution in [0.15, 0.2) is 47.4 Å². The van der Waals surface area contributed by atoms with E-state index in [4.69, 9.17) is 26.4 Å². The third-order valence-corrected chi connectivity index (χ3v) is 5.39. The fourth-order valence-electron chi connectivity index (χ4n) is 2.79. The monoisotopic (exact) mass is 461 g/mol. The number of benzene rings is 2. The zero-order valence-corrected chi connectivity index (χ0v) is 18.7. The number of nitrogens with zero attached hydrogens (tertiary/aromatic N) is 1. The van der Waals surface area contributed by atoms with Gasteiger partial charge in [0.2, 0.25) is 0 Å². The Morgan fingerprint density at radius 2 is 1.97 bits per heavy atom. The van der Waals surface area contributed by atoms with Gasteiger partial charge in [-0.1, -0.05) is 42.2 Å². The van der Waals surface area contributed by atoms with E-state index in [9.17, 15) is 14.0 Å². The zero-order chi connectivity index (χ0) is 22.5. The van der Waals surface area contributed by atoms with E-state index in [1.54, 1.807) is 50.3 Å². The summed E-state index contributed by atoms with van der Waals surface area (Å²) in [5.74, 6) is -0.678. The summed E-state index contributed by atoms with van der Waals surface area (Å²) in [7, 11) is 1.47. The number of halogens is 1. The van der Waals surface area contributed by atoms with Crippen molar-refractivity contribution in [1.82, 2.24) is 0 Å². The molecule has 0 radical (unpaired) electrons. The fourth-order valence-corrected chi connectivity index (χ4v) is 4.07. The number of hydrogen-bond donors (Lipinski definition) is 0. The molecule has 9 heteroatoms. The van der Waals surface area contributed by atoms with Crippen LogP contribution >= 0.6 is 24.0 Å². The molecule has 1 aliphatic heterocycles. The Labute approximate surface area is 189 Å². The maximum atomic E-state index is 14.1. The molecule has 0 N–H and O–H groups in total. The van der Waals surface area contributed by atoms with E-state index >= 15 is 0 Å². The van der Waals surface area contributed by atoms with Crippen molar-refractivity contribution in [3.8, 4) is 11.5 Å². The largest absolute Gasteiger partial charge is 0.493 e. The van der Waals surface area contributed by atoms with Gasteiger partial charge in [-0.15, -0.1) is 0 Å². The Hall–Kier alpha value is -2.91. The van der Waals surface area contributed by atoms with Crippen LogP contribution in [-0.2, 0) is 14.3 Å². The smallest absolute Gasteiger partial charge is 0.344 e. The van der Waals surface area contributed by atoms with Gasteiger partial charge in [-0.3, -0.25) is 9.69 Å². The Bertz CT molecular complexity index is 1050. The van der Waals surface area contributed by atoms with E-state index in [1.807, 2.05) is 0 Å². The first-order chi connectivity index (χ1) is 14.8. The molecule has 0 bridgehead atoms. The Morgan fingerprint density at radius 1 is 1.23 bits per heavy atom. The summed E-state index contributed by atoms with van der Waals surface area (Å²) in [6.07, 6.45) is 1.41. The summed E-state index contributed by atoms with van der Waals surface area (Å²) in [5.41, 5.74) is 0.769. The average Bonchev–Trinajstić information content (AvgIpc) is 2.99. The molecule has 2 aromatic carbocycles. The quantitative estimate of drug-likeness (QED) is 0.340. The lowest BCUT2D eigenvalue weighted by Gasteiger charge is -2.15. The van der Waals surface area contributed by atoms with Crippen LogP contribution in [0.3, 0.4) is 0 Å². The molecule has 2 aromatic rings. The number of amides is 1. The number of carbonyl (C=O) groups is 2. The number of ether oxygens (including phenoxy) is 3. The molecule has 1 heterocycles. The van der Waals surface area contributed by atoms with Gasteiger partial charge in [0.15, 0.2) is 22.4 Å². The summed E-state index contributed by atoms with van der Waals surface area (Å²) >= 11 is 6.37. The van der Waals surface area contributed by atoms with Crippen LogP contribution < -0.4 is 14.4 Å². The van der Waals surface area contributed by atoms with Crippen LogP contribution in [0.1, 0.15) is 19.4 Å². The Balaban J connectivity index is 1.79. The molecular formula is C22H20FNO5S2. The molecule has 1 fully saturated rings. The van der Waals surface area contributed by atoms with Crippen LogP contribution in [0.5, 0.6) is 11.5 Å². The van der Waals surface area contributed by atoms with Crippen molar-refractivity contribution in [1.29, 1.82) is 0 Å². The first kappa shape index (κ1) is 22.8. The van der Waals surface area contributed by atoms with Crippen LogP contribution in [0.2, 0.25) is 0 Å². The molecule has 0 spiro atoms. The third kappa shape index (κ3) is 5.42. The van der Waals surface area contributed by atoms with Crippen LogP contribution in [0.25, 0.3) is 6.08 Å². The molecular weight excluding hydrogens is 441 g/mol. The first-order valence-electron chi connectivity index (χ1n) is 9.33. The number of rotatable bonds is 7. The predicted octanol–water partition coefficient (Wildman–Crippen LogP) is 4.57. The third-order valence-electron chi connectivity index (χ3n) is 4.09. The van der Waals surface area contributed by atoms with Gasteiger partial charge in [-0.2, -0.15) is 0 Å². The van der Waals surface area contributed by atoms with Gasteiger partial charge in [0.05, 0.1) is 23.8 Å². The summed E-state index contributed by atoms with van der Waals surface area (Å²) in [4.78, 5) is 26.0. The lowest BCUT2D eigenvalue weighted by atomic mass is 10.1. The fraction of sp³-hybridized carbons (Fsp3) is 0.227. The van der Waals surface area contributed by atoms with Gasteiger partial charge in [0.1, 0.15) is 5.82 Å². The topological polar surface area (TPSA) is 65.1 Å². The minimum Gasteiger partial charge on any atom is -0.493 e. The maximum Gasteiger partial charge on any atom is 0.344 e. The van der Waals surface area contributed by atoms with Crippen molar-refractivity contribution in [3.05, 3.63) is 58.8 Å². The van der Waals surface area contributed by atoms with E-state index in [0.717, 1.165) is 11.8 Å². The zero-order valence-electron chi connectivity index (χ0n) is 17.1. The standard InChI is InChI=1S/C22H20FNO5S2/c1-13(2)29-20(25)12-28-17-9-8-14(10-18(17)27-3)11-19-21(26)24(22(30)31-19)16-7-5-4-6-15(16)23/h4-11,13H,12H2,1-3H3/b19-11+. The Morgan fingerprint density at radius 3 is 2.65 bits per heavy atom. The number of anilines is 1. The summed E-state index contributed by atoms with van der Waals surface area (Å²) in [5, 5.41) is 0. The molecule has 162 valence electrons. The predicted molar refractivity (Wildman–Crippen MR) is 122 cm³/mol. The summed E-state index contributed by atoms with van der Waals surface area (Å²) < 4.78 is 30.2. The van der Waals surface area contributed by atoms with E-state index < -0.39 is 17.7 Å². The van der Waals surface area contributed by atoms with Gasteiger partial charge in [-0.25, -0.2) is 9.18 Å². The summed E-state index contributed by atoms with van der Waals surface area (Å²) in [6.45, 7) is 3.25. The molecule has 0 aromatic heterocycles. The number of thioether (sulfide) groups is 1. The molecule has 6 nitrogen and oxygen atoms in total. The molecule has 1 amide bonds. The van der Waals surface area contributed by atoms with Crippen LogP contribution in [0, 0.1) is 5.82 Å². The second-order valence-corrected chi connectivity index (χ2v) is 8.38. The number of methoxy groups -OCH3 is 1. The average molecular weight is 462 g/mol. The molecule has 3 rings (SSSR count). The van der Waals surface area contributed by atoms with Crippen LogP contribution in [0.4, 0.5) is 10.1 Å². The van der Waals surface area contributed by atoms with Gasteiger partial charge in [0, 0.05) is 0 Å². The SMILES string of the molecule is COc1cc(/C=C2/SC(=S)N(c3ccccc3F)C2=O)ccc1OCC(=O)OC(C)C. The molecule has 0 unspecified atom stereocenters. The highest BCUT2D eigenvalue weighted by molar-refractivity contribution is 8.27. The molecule has 1 aliphatic rings. The minimum atomic E-state index is -0.529. The van der Waals surface area contributed by atoms with Crippen molar-refractivity contribution in [2.45, 2.75) is 20.0 Å². The highest BCUT2D eigenvalue weighted by Gasteiger charge is 2.34. The van der Waals surface area contributed by atoms with Crippen molar-refractivity contribution in [2.75, 3.05) is 18.6 Å². The molecule has 1 saturated heterocycles. The van der Waals surface area contributed by atoms with Gasteiger partial charge >= 0.3 is 5.97 Å². The van der Waals surface area contributed by atoms with E-state index in [2.05, 4.69) is 0 Å². The Kier molecular flexibility index (Phi) is 7.29. The number of thiocarbonyl (C=S) groups is 1. The number of esters is 1. The number of carbonyl (C=O) groups excluding carboxylic acids is 2. The number of hydrogen-bond acceptors (Lipinski definition) is 7. The van der Waals surface area contributed by atoms with Crippen LogP contribution in [-0.4, -0.2) is 36.0 Å². The first-order valence-corrected chi connectivity index (χ1v) is 10.6. The van der Waals surface area contributed by atoms with Gasteiger partial charge < -0.3 is 14.2 Å². The lowest BCUT2D eigenvalue weighted by Crippen LogP contribution is -2.28. The van der Waals surface area contributed by atoms with Crippen molar-refractivity contribution < 1.29 is 28.2 Å². The van der Waals surface area contributed by atoms with E-state index in [-0.39, 0.29) is 22.7 Å². The highest BCUT2D eigenvalue weighted by Crippen LogP contribution is 2.38. The molecule has 0 saturated carbocycles. The van der Waals surface area contributed by atoms with Gasteiger partial charge in [0.25, 0.3) is 5.91 Å². The van der Waals surface area contributed by atoms with Crippen molar-refractivity contribution >= 4 is 51.9 Å². The minimum absolute atomic E-state index is 0.114. The lowest BCUT2D eigenvalue weighted by molar-refractivity contribution is -0.149. The molecule has 0 atom stereocenters. The van der Waals surface area contributed by atoms with Crippen molar-refractivity contribution in [2.24, 2.45) is 0 Å². The highest BCUT2D eigenvalue weighted by atomic mass is 32.2.